The average molecular weight is 160 g/mol. The molecule has 1 aromatic heterocycles. The van der Waals surface area contributed by atoms with E-state index < -0.39 is 0 Å². The number of hydrogen-bond acceptors (Lipinski definition) is 4. The van der Waals surface area contributed by atoms with Gasteiger partial charge in [-0.3, -0.25) is 5.10 Å². The van der Waals surface area contributed by atoms with Crippen molar-refractivity contribution in [3.63, 3.8) is 0 Å². The second-order valence-corrected chi connectivity index (χ2v) is 2.19. The number of hydrogen-bond donors (Lipinski definition) is 1. The number of aliphatic imine (C=N–C) groups is 1. The monoisotopic (exact) mass is 160 g/mol. The fraction of sp³-hybridized carbons (Fsp3) is 0. The number of fused-ring (bicyclic) bond motifs is 1. The predicted molar refractivity (Wildman–Crippen MR) is 41.7 cm³/mol. The first-order valence-electron chi connectivity index (χ1n) is 3.29. The van der Waals surface area contributed by atoms with Crippen LogP contribution in [-0.2, 0) is 4.79 Å². The van der Waals surface area contributed by atoms with Crippen molar-refractivity contribution in [2.75, 3.05) is 0 Å². The Labute approximate surface area is 67.1 Å². The van der Waals surface area contributed by atoms with Gasteiger partial charge in [0, 0.05) is 0 Å². The van der Waals surface area contributed by atoms with Crippen LogP contribution in [0.1, 0.15) is 0 Å². The minimum Gasteiger partial charge on any atom is -0.257 e. The lowest BCUT2D eigenvalue weighted by Gasteiger charge is -1.88. The predicted octanol–water partition coefficient (Wildman–Crippen LogP) is 0.925. The molecule has 0 atom stereocenters. The maximum absolute atomic E-state index is 9.99. The van der Waals surface area contributed by atoms with E-state index in [1.165, 1.54) is 6.08 Å². The van der Waals surface area contributed by atoms with E-state index in [4.69, 9.17) is 0 Å². The van der Waals surface area contributed by atoms with Crippen molar-refractivity contribution in [3.8, 4) is 0 Å². The second kappa shape index (κ2) is 2.56. The van der Waals surface area contributed by atoms with E-state index in [9.17, 15) is 4.79 Å². The number of aromatic amines is 1. The number of isocyanates is 1. The first kappa shape index (κ1) is 6.69. The van der Waals surface area contributed by atoms with Crippen molar-refractivity contribution in [2.45, 2.75) is 0 Å². The van der Waals surface area contributed by atoms with Crippen molar-refractivity contribution in [3.05, 3.63) is 18.2 Å². The highest BCUT2D eigenvalue weighted by Gasteiger charge is 2.01. The molecule has 0 spiro atoms. The van der Waals surface area contributed by atoms with E-state index >= 15 is 0 Å². The Morgan fingerprint density at radius 3 is 3.25 bits per heavy atom. The molecule has 12 heavy (non-hydrogen) atoms. The van der Waals surface area contributed by atoms with Crippen molar-refractivity contribution in [1.29, 1.82) is 0 Å². The van der Waals surface area contributed by atoms with Crippen LogP contribution in [0.25, 0.3) is 11.0 Å². The summed E-state index contributed by atoms with van der Waals surface area (Å²) in [4.78, 5) is 13.5. The number of nitrogens with zero attached hydrogens (tertiary/aromatic N) is 3. The van der Waals surface area contributed by atoms with Gasteiger partial charge in [0.15, 0.2) is 0 Å². The van der Waals surface area contributed by atoms with Gasteiger partial charge in [-0.25, -0.2) is 4.79 Å². The summed E-state index contributed by atoms with van der Waals surface area (Å²) >= 11 is 0. The Morgan fingerprint density at radius 1 is 1.50 bits per heavy atom. The molecule has 0 saturated heterocycles. The van der Waals surface area contributed by atoms with Gasteiger partial charge in [0.1, 0.15) is 11.2 Å². The zero-order valence-corrected chi connectivity index (χ0v) is 5.98. The number of rotatable bonds is 1. The molecule has 58 valence electrons. The van der Waals surface area contributed by atoms with Crippen molar-refractivity contribution >= 4 is 22.8 Å². The van der Waals surface area contributed by atoms with Crippen molar-refractivity contribution in [2.24, 2.45) is 4.99 Å². The van der Waals surface area contributed by atoms with Crippen LogP contribution < -0.4 is 0 Å². The summed E-state index contributed by atoms with van der Waals surface area (Å²) in [5.74, 6) is 0. The number of benzene rings is 1. The van der Waals surface area contributed by atoms with E-state index in [-0.39, 0.29) is 0 Å². The van der Waals surface area contributed by atoms with Crippen LogP contribution in [0.15, 0.2) is 23.2 Å². The maximum Gasteiger partial charge on any atom is 0.240 e. The summed E-state index contributed by atoms with van der Waals surface area (Å²) in [6.45, 7) is 0. The van der Waals surface area contributed by atoms with E-state index in [1.807, 2.05) is 0 Å². The van der Waals surface area contributed by atoms with Crippen molar-refractivity contribution < 1.29 is 4.79 Å². The van der Waals surface area contributed by atoms with Gasteiger partial charge in [-0.1, -0.05) is 11.3 Å². The highest BCUT2D eigenvalue weighted by Crippen LogP contribution is 2.20. The average Bonchev–Trinajstić information content (AvgIpc) is 2.53. The summed E-state index contributed by atoms with van der Waals surface area (Å²) < 4.78 is 0. The molecule has 0 radical (unpaired) electrons. The third-order valence-corrected chi connectivity index (χ3v) is 1.50. The smallest absolute Gasteiger partial charge is 0.240 e. The minimum absolute atomic E-state index is 0.483. The Balaban J connectivity index is 2.81. The van der Waals surface area contributed by atoms with Crippen molar-refractivity contribution in [1.82, 2.24) is 15.4 Å². The molecule has 0 unspecified atom stereocenters. The summed E-state index contributed by atoms with van der Waals surface area (Å²) in [5, 5.41) is 10.0. The molecule has 1 heterocycles. The molecule has 1 N–H and O–H groups in total. The normalized spacial score (nSPS) is 9.67. The lowest BCUT2D eigenvalue weighted by atomic mass is 10.3. The molecule has 0 amide bonds. The molecule has 0 bridgehead atoms. The fourth-order valence-electron chi connectivity index (χ4n) is 0.995. The number of H-pyrrole nitrogens is 1. The molecule has 2 rings (SSSR count). The molecule has 5 nitrogen and oxygen atoms in total. The SMILES string of the molecule is O=C=Nc1cccc2[nH]nnc12. The van der Waals surface area contributed by atoms with Crippen LogP contribution in [0.3, 0.4) is 0 Å². The Hall–Kier alpha value is -2.00. The Kier molecular flexibility index (Phi) is 1.43. The van der Waals surface area contributed by atoms with Gasteiger partial charge >= 0.3 is 0 Å². The van der Waals surface area contributed by atoms with Crippen LogP contribution >= 0.6 is 0 Å². The van der Waals surface area contributed by atoms with Crippen LogP contribution in [0.5, 0.6) is 0 Å². The topological polar surface area (TPSA) is 71.0 Å². The van der Waals surface area contributed by atoms with Gasteiger partial charge in [0.25, 0.3) is 0 Å². The third kappa shape index (κ3) is 0.889. The molecular formula is C7H4N4O. The van der Waals surface area contributed by atoms with Gasteiger partial charge in [-0.05, 0) is 12.1 Å². The lowest BCUT2D eigenvalue weighted by Crippen LogP contribution is -1.70. The zero-order valence-electron chi connectivity index (χ0n) is 5.98. The van der Waals surface area contributed by atoms with Gasteiger partial charge in [-0.15, -0.1) is 5.10 Å². The zero-order chi connectivity index (χ0) is 8.39. The van der Waals surface area contributed by atoms with E-state index in [1.54, 1.807) is 18.2 Å². The summed E-state index contributed by atoms with van der Waals surface area (Å²) in [7, 11) is 0. The fourth-order valence-corrected chi connectivity index (χ4v) is 0.995. The summed E-state index contributed by atoms with van der Waals surface area (Å²) in [5.41, 5.74) is 1.82. The van der Waals surface area contributed by atoms with E-state index in [0.29, 0.717) is 11.2 Å². The molecule has 2 aromatic rings. The van der Waals surface area contributed by atoms with E-state index in [2.05, 4.69) is 20.4 Å². The van der Waals surface area contributed by atoms with Crippen LogP contribution in [0.2, 0.25) is 0 Å². The highest BCUT2D eigenvalue weighted by atomic mass is 16.1. The molecule has 1 aromatic carbocycles. The Morgan fingerprint density at radius 2 is 2.42 bits per heavy atom. The first-order chi connectivity index (χ1) is 5.92. The molecule has 0 aliphatic heterocycles. The van der Waals surface area contributed by atoms with Crippen LogP contribution in [0.4, 0.5) is 5.69 Å². The van der Waals surface area contributed by atoms with Gasteiger partial charge in [0.2, 0.25) is 6.08 Å². The third-order valence-electron chi connectivity index (χ3n) is 1.50. The van der Waals surface area contributed by atoms with Gasteiger partial charge in [0.05, 0.1) is 5.52 Å². The molecule has 0 saturated carbocycles. The molecule has 0 aliphatic rings. The molecule has 0 aliphatic carbocycles. The highest BCUT2D eigenvalue weighted by molar-refractivity contribution is 5.86. The standard InChI is InChI=1S/C7H4N4O/c12-4-8-5-2-1-3-6-7(5)10-11-9-6/h1-3H,(H,9,10,11). The summed E-state index contributed by atoms with van der Waals surface area (Å²) in [6, 6.07) is 5.24. The first-order valence-corrected chi connectivity index (χ1v) is 3.29. The second-order valence-electron chi connectivity index (χ2n) is 2.19. The van der Waals surface area contributed by atoms with E-state index in [0.717, 1.165) is 5.52 Å². The molecular weight excluding hydrogens is 156 g/mol. The number of nitrogens with one attached hydrogen (secondary N) is 1. The number of carbonyl (C=O) groups excluding carboxylic acids is 1. The Bertz CT molecular complexity index is 455. The van der Waals surface area contributed by atoms with Gasteiger partial charge in [-0.2, -0.15) is 4.99 Å². The van der Waals surface area contributed by atoms with Gasteiger partial charge < -0.3 is 0 Å². The molecule has 5 heteroatoms. The van der Waals surface area contributed by atoms with Crippen LogP contribution in [0, 0.1) is 0 Å². The lowest BCUT2D eigenvalue weighted by molar-refractivity contribution is 0.565. The quantitative estimate of drug-likeness (QED) is 0.498. The number of aromatic nitrogens is 3. The van der Waals surface area contributed by atoms with Crippen LogP contribution in [-0.4, -0.2) is 21.5 Å². The minimum atomic E-state index is 0.483. The molecule has 0 fully saturated rings. The summed E-state index contributed by atoms with van der Waals surface area (Å²) in [6.07, 6.45) is 1.46. The maximum atomic E-state index is 9.99. The largest absolute Gasteiger partial charge is 0.257 e.